The second-order valence-corrected chi connectivity index (χ2v) is 1.92. The molecular weight excluding hydrogens is 126 g/mol. The highest BCUT2D eigenvalue weighted by molar-refractivity contribution is 5.27. The molecule has 0 aliphatic rings. The van der Waals surface area contributed by atoms with Gasteiger partial charge in [0.25, 0.3) is 0 Å². The maximum absolute atomic E-state index is 5.49. The van der Waals surface area contributed by atoms with Gasteiger partial charge in [0.05, 0.1) is 11.4 Å². The normalized spacial score (nSPS) is 11.7. The molecule has 0 spiro atoms. The van der Waals surface area contributed by atoms with E-state index in [9.17, 15) is 0 Å². The molecule has 0 fully saturated rings. The van der Waals surface area contributed by atoms with Crippen LogP contribution in [0.1, 0.15) is 6.92 Å². The van der Waals surface area contributed by atoms with Crippen molar-refractivity contribution >= 4 is 0 Å². The van der Waals surface area contributed by atoms with Crippen LogP contribution in [-0.4, -0.2) is 0 Å². The molecule has 0 amide bonds. The number of nitrogens with one attached hydrogen (secondary N) is 1. The smallest absolute Gasteiger partial charge is 0.0734 e. The highest BCUT2D eigenvalue weighted by atomic mass is 14.9. The van der Waals surface area contributed by atoms with E-state index in [2.05, 4.69) is 18.5 Å². The van der Waals surface area contributed by atoms with Crippen molar-refractivity contribution in [2.24, 2.45) is 11.5 Å². The van der Waals surface area contributed by atoms with Crippen molar-refractivity contribution in [2.45, 2.75) is 6.92 Å². The minimum atomic E-state index is 0.472. The molecular formula is C7H13N3. The standard InChI is InChI=1S/C7H13N3/c1-4-10-6(3)7(9)5(2)8/h4,10H,1,3,8-9H2,2H3/b7-5+. The first-order chi connectivity index (χ1) is 4.59. The van der Waals surface area contributed by atoms with E-state index in [1.165, 1.54) is 6.20 Å². The van der Waals surface area contributed by atoms with E-state index in [1.807, 2.05) is 0 Å². The third-order valence-electron chi connectivity index (χ3n) is 1.03. The van der Waals surface area contributed by atoms with E-state index in [0.717, 1.165) is 0 Å². The van der Waals surface area contributed by atoms with Crippen molar-refractivity contribution in [3.63, 3.8) is 0 Å². The fourth-order valence-corrected chi connectivity index (χ4v) is 0.439. The Morgan fingerprint density at radius 1 is 1.50 bits per heavy atom. The molecule has 0 saturated heterocycles. The SMILES string of the molecule is C=CNC(=C)/C(N)=C(/C)N. The molecule has 5 N–H and O–H groups in total. The van der Waals surface area contributed by atoms with Gasteiger partial charge in [0.1, 0.15) is 0 Å². The number of nitrogens with two attached hydrogens (primary N) is 2. The van der Waals surface area contributed by atoms with Gasteiger partial charge in [-0.25, -0.2) is 0 Å². The summed E-state index contributed by atoms with van der Waals surface area (Å²) in [6.45, 7) is 8.79. The van der Waals surface area contributed by atoms with E-state index in [-0.39, 0.29) is 0 Å². The second kappa shape index (κ2) is 3.61. The summed E-state index contributed by atoms with van der Waals surface area (Å²) in [6.07, 6.45) is 1.50. The molecule has 0 saturated carbocycles. The Balaban J connectivity index is 4.22. The molecule has 0 atom stereocenters. The van der Waals surface area contributed by atoms with Gasteiger partial charge in [0.15, 0.2) is 0 Å². The summed E-state index contributed by atoms with van der Waals surface area (Å²) in [5.41, 5.74) is 12.5. The van der Waals surface area contributed by atoms with Gasteiger partial charge < -0.3 is 16.8 Å². The predicted molar refractivity (Wildman–Crippen MR) is 43.5 cm³/mol. The molecule has 3 heteroatoms. The van der Waals surface area contributed by atoms with Crippen LogP contribution in [0.15, 0.2) is 36.4 Å². The van der Waals surface area contributed by atoms with Gasteiger partial charge in [-0.1, -0.05) is 13.2 Å². The fourth-order valence-electron chi connectivity index (χ4n) is 0.439. The van der Waals surface area contributed by atoms with Crippen LogP contribution in [0.5, 0.6) is 0 Å². The van der Waals surface area contributed by atoms with E-state index >= 15 is 0 Å². The van der Waals surface area contributed by atoms with Crippen LogP contribution >= 0.6 is 0 Å². The van der Waals surface area contributed by atoms with Gasteiger partial charge in [-0.2, -0.15) is 0 Å². The summed E-state index contributed by atoms with van der Waals surface area (Å²) in [6, 6.07) is 0. The van der Waals surface area contributed by atoms with E-state index < -0.39 is 0 Å². The minimum absolute atomic E-state index is 0.472. The lowest BCUT2D eigenvalue weighted by Crippen LogP contribution is -2.16. The van der Waals surface area contributed by atoms with Crippen molar-refractivity contribution in [3.8, 4) is 0 Å². The number of allylic oxidation sites excluding steroid dienone is 1. The Kier molecular flexibility index (Phi) is 3.11. The van der Waals surface area contributed by atoms with Crippen LogP contribution in [-0.2, 0) is 0 Å². The third-order valence-corrected chi connectivity index (χ3v) is 1.03. The number of rotatable bonds is 3. The Hall–Kier alpha value is -1.38. The van der Waals surface area contributed by atoms with Crippen molar-refractivity contribution in [3.05, 3.63) is 36.4 Å². The van der Waals surface area contributed by atoms with Crippen LogP contribution in [0, 0.1) is 0 Å². The van der Waals surface area contributed by atoms with Crippen LogP contribution in [0.3, 0.4) is 0 Å². The molecule has 0 unspecified atom stereocenters. The topological polar surface area (TPSA) is 64.1 Å². The van der Waals surface area contributed by atoms with E-state index in [0.29, 0.717) is 17.1 Å². The zero-order valence-corrected chi connectivity index (χ0v) is 6.15. The van der Waals surface area contributed by atoms with Gasteiger partial charge in [-0.15, -0.1) is 0 Å². The highest BCUT2D eigenvalue weighted by Gasteiger charge is 1.95. The Morgan fingerprint density at radius 3 is 2.30 bits per heavy atom. The second-order valence-electron chi connectivity index (χ2n) is 1.92. The van der Waals surface area contributed by atoms with Crippen molar-refractivity contribution in [1.29, 1.82) is 0 Å². The van der Waals surface area contributed by atoms with Crippen molar-refractivity contribution in [2.75, 3.05) is 0 Å². The first-order valence-electron chi connectivity index (χ1n) is 2.88. The quantitative estimate of drug-likeness (QED) is 0.495. The van der Waals surface area contributed by atoms with E-state index in [1.54, 1.807) is 6.92 Å². The first-order valence-corrected chi connectivity index (χ1v) is 2.88. The zero-order valence-electron chi connectivity index (χ0n) is 6.15. The molecule has 0 aliphatic heterocycles. The summed E-state index contributed by atoms with van der Waals surface area (Å²) >= 11 is 0. The maximum atomic E-state index is 5.49. The average molecular weight is 139 g/mol. The molecule has 0 aliphatic carbocycles. The van der Waals surface area contributed by atoms with Gasteiger partial charge in [-0.3, -0.25) is 0 Å². The van der Waals surface area contributed by atoms with Gasteiger partial charge >= 0.3 is 0 Å². The third kappa shape index (κ3) is 2.26. The van der Waals surface area contributed by atoms with Crippen molar-refractivity contribution < 1.29 is 0 Å². The van der Waals surface area contributed by atoms with Gasteiger partial charge in [-0.05, 0) is 13.1 Å². The molecule has 10 heavy (non-hydrogen) atoms. The molecule has 0 aromatic carbocycles. The van der Waals surface area contributed by atoms with Gasteiger partial charge in [0.2, 0.25) is 0 Å². The maximum Gasteiger partial charge on any atom is 0.0734 e. The lowest BCUT2D eigenvalue weighted by molar-refractivity contribution is 1.03. The van der Waals surface area contributed by atoms with Crippen LogP contribution in [0.25, 0.3) is 0 Å². The zero-order chi connectivity index (χ0) is 8.15. The molecule has 0 radical (unpaired) electrons. The summed E-state index contributed by atoms with van der Waals surface area (Å²) < 4.78 is 0. The lowest BCUT2D eigenvalue weighted by atomic mass is 10.3. The summed E-state index contributed by atoms with van der Waals surface area (Å²) in [7, 11) is 0. The Morgan fingerprint density at radius 2 is 2.00 bits per heavy atom. The molecule has 0 heterocycles. The van der Waals surface area contributed by atoms with Crippen molar-refractivity contribution in [1.82, 2.24) is 5.32 Å². The molecule has 0 aromatic rings. The highest BCUT2D eigenvalue weighted by Crippen LogP contribution is 1.98. The lowest BCUT2D eigenvalue weighted by Gasteiger charge is -2.05. The Labute approximate surface area is 61.1 Å². The summed E-state index contributed by atoms with van der Waals surface area (Å²) in [4.78, 5) is 0. The average Bonchev–Trinajstić information content (AvgIpc) is 1.87. The van der Waals surface area contributed by atoms with Gasteiger partial charge in [0, 0.05) is 5.70 Å². The minimum Gasteiger partial charge on any atom is -0.401 e. The van der Waals surface area contributed by atoms with Crippen LogP contribution in [0.4, 0.5) is 0 Å². The largest absolute Gasteiger partial charge is 0.401 e. The van der Waals surface area contributed by atoms with Crippen LogP contribution in [0.2, 0.25) is 0 Å². The summed E-state index contributed by atoms with van der Waals surface area (Å²) in [5, 5.41) is 2.73. The monoisotopic (exact) mass is 139 g/mol. The molecule has 3 nitrogen and oxygen atoms in total. The number of hydrogen-bond acceptors (Lipinski definition) is 3. The molecule has 0 aromatic heterocycles. The molecule has 56 valence electrons. The predicted octanol–water partition coefficient (Wildman–Crippen LogP) is 0.382. The fraction of sp³-hybridized carbons (Fsp3) is 0.143. The first kappa shape index (κ1) is 8.62. The number of hydrogen-bond donors (Lipinski definition) is 3. The molecule has 0 bridgehead atoms. The summed E-state index contributed by atoms with van der Waals surface area (Å²) in [5.74, 6) is 0. The van der Waals surface area contributed by atoms with E-state index in [4.69, 9.17) is 11.5 Å². The van der Waals surface area contributed by atoms with Crippen LogP contribution < -0.4 is 16.8 Å². The Bertz CT molecular complexity index is 175. The molecule has 0 rings (SSSR count).